The summed E-state index contributed by atoms with van der Waals surface area (Å²) < 4.78 is 68.2. The molecule has 0 aliphatic rings. The lowest BCUT2D eigenvalue weighted by atomic mass is 10.1. The third-order valence-electron chi connectivity index (χ3n) is 4.54. The Kier molecular flexibility index (Phi) is 6.65. The molecule has 0 heterocycles. The van der Waals surface area contributed by atoms with Crippen LogP contribution in [-0.2, 0) is 19.0 Å². The van der Waals surface area contributed by atoms with Gasteiger partial charge in [0.15, 0.2) is 11.6 Å². The summed E-state index contributed by atoms with van der Waals surface area (Å²) in [5.41, 5.74) is 0.445. The first kappa shape index (κ1) is 21.7. The molecule has 0 atom stereocenters. The van der Waals surface area contributed by atoms with Crippen LogP contribution in [0.5, 0.6) is 17.2 Å². The van der Waals surface area contributed by atoms with Crippen LogP contribution in [0.1, 0.15) is 37.0 Å². The first-order valence-electron chi connectivity index (χ1n) is 9.66. The third-order valence-corrected chi connectivity index (χ3v) is 4.54. The van der Waals surface area contributed by atoms with Crippen LogP contribution >= 0.6 is 0 Å². The van der Waals surface area contributed by atoms with Gasteiger partial charge in [-0.15, -0.1) is 0 Å². The highest BCUT2D eigenvalue weighted by Gasteiger charge is 2.42. The van der Waals surface area contributed by atoms with Gasteiger partial charge in [0, 0.05) is 6.07 Å². The van der Waals surface area contributed by atoms with Crippen molar-refractivity contribution in [3.05, 3.63) is 89.0 Å². The largest absolute Gasteiger partial charge is 0.454 e. The Morgan fingerprint density at radius 2 is 1.47 bits per heavy atom. The monoisotopic (exact) mass is 417 g/mol. The summed E-state index contributed by atoms with van der Waals surface area (Å²) in [6, 6.07) is 15.4. The normalized spacial score (nSPS) is 11.4. The first-order chi connectivity index (χ1) is 14.3. The van der Waals surface area contributed by atoms with Gasteiger partial charge in [-0.25, -0.2) is 8.78 Å². The lowest BCUT2D eigenvalue weighted by Gasteiger charge is -2.20. The van der Waals surface area contributed by atoms with Crippen LogP contribution in [0.3, 0.4) is 0 Å². The Labute approximate surface area is 173 Å². The number of halogens is 4. The van der Waals surface area contributed by atoms with E-state index < -0.39 is 29.1 Å². The zero-order valence-corrected chi connectivity index (χ0v) is 16.6. The third kappa shape index (κ3) is 4.93. The lowest BCUT2D eigenvalue weighted by molar-refractivity contribution is -0.189. The Hall–Kier alpha value is -3.02. The average molecular weight is 417 g/mol. The van der Waals surface area contributed by atoms with E-state index >= 15 is 0 Å². The smallest absolute Gasteiger partial charge is 0.432 e. The minimum absolute atomic E-state index is 0.205. The van der Waals surface area contributed by atoms with E-state index in [-0.39, 0.29) is 11.5 Å². The maximum atomic E-state index is 14.8. The second kappa shape index (κ2) is 9.20. The maximum Gasteiger partial charge on any atom is 0.432 e. The Morgan fingerprint density at radius 3 is 2.07 bits per heavy atom. The zero-order chi connectivity index (χ0) is 21.7. The van der Waals surface area contributed by atoms with Crippen molar-refractivity contribution in [1.82, 2.24) is 0 Å². The SMILES string of the molecule is CCCc1ccc(OC(F)(F)c2c(F)c[c]c(Oc3ccc(CC)cc3)c2F)cc1. The molecular formula is C24H21F4O2. The highest BCUT2D eigenvalue weighted by atomic mass is 19.3. The Morgan fingerprint density at radius 1 is 0.867 bits per heavy atom. The second-order valence-electron chi connectivity index (χ2n) is 6.77. The van der Waals surface area contributed by atoms with E-state index in [4.69, 9.17) is 4.74 Å². The van der Waals surface area contributed by atoms with E-state index in [0.717, 1.165) is 30.4 Å². The number of aryl methyl sites for hydroxylation is 2. The Balaban J connectivity index is 1.86. The van der Waals surface area contributed by atoms with Gasteiger partial charge in [-0.2, -0.15) is 8.78 Å². The molecule has 0 fully saturated rings. The van der Waals surface area contributed by atoms with Crippen LogP contribution in [0.15, 0.2) is 54.6 Å². The van der Waals surface area contributed by atoms with Gasteiger partial charge < -0.3 is 9.47 Å². The zero-order valence-electron chi connectivity index (χ0n) is 16.6. The van der Waals surface area contributed by atoms with Gasteiger partial charge in [0.05, 0.1) is 0 Å². The van der Waals surface area contributed by atoms with Crippen molar-refractivity contribution in [2.75, 3.05) is 0 Å². The molecule has 0 saturated heterocycles. The molecule has 1 radical (unpaired) electrons. The predicted octanol–water partition coefficient (Wildman–Crippen LogP) is 7.20. The number of hydrogen-bond donors (Lipinski definition) is 0. The van der Waals surface area contributed by atoms with Crippen molar-refractivity contribution in [1.29, 1.82) is 0 Å². The highest BCUT2D eigenvalue weighted by Crippen LogP contribution is 2.38. The summed E-state index contributed by atoms with van der Waals surface area (Å²) in [5.74, 6) is -3.67. The molecule has 30 heavy (non-hydrogen) atoms. The molecule has 0 aliphatic heterocycles. The molecule has 0 aromatic heterocycles. The molecule has 0 unspecified atom stereocenters. The molecule has 3 aromatic rings. The number of hydrogen-bond acceptors (Lipinski definition) is 2. The van der Waals surface area contributed by atoms with E-state index in [9.17, 15) is 17.6 Å². The fourth-order valence-corrected chi connectivity index (χ4v) is 2.95. The van der Waals surface area contributed by atoms with Gasteiger partial charge in [0.1, 0.15) is 22.9 Å². The topological polar surface area (TPSA) is 18.5 Å². The van der Waals surface area contributed by atoms with Crippen molar-refractivity contribution in [3.63, 3.8) is 0 Å². The molecule has 3 rings (SSSR count). The minimum Gasteiger partial charge on any atom is -0.454 e. The first-order valence-corrected chi connectivity index (χ1v) is 9.66. The van der Waals surface area contributed by atoms with Gasteiger partial charge >= 0.3 is 6.11 Å². The van der Waals surface area contributed by atoms with Gasteiger partial charge in [0.25, 0.3) is 0 Å². The molecule has 0 N–H and O–H groups in total. The summed E-state index contributed by atoms with van der Waals surface area (Å²) >= 11 is 0. The number of ether oxygens (including phenoxy) is 2. The highest BCUT2D eigenvalue weighted by molar-refractivity contribution is 5.38. The number of rotatable bonds is 8. The molecule has 0 bridgehead atoms. The lowest BCUT2D eigenvalue weighted by Crippen LogP contribution is -2.25. The molecule has 157 valence electrons. The van der Waals surface area contributed by atoms with Gasteiger partial charge in [-0.1, -0.05) is 44.5 Å². The summed E-state index contributed by atoms with van der Waals surface area (Å²) in [5, 5.41) is 0. The van der Waals surface area contributed by atoms with Crippen LogP contribution in [0, 0.1) is 17.7 Å². The van der Waals surface area contributed by atoms with Crippen molar-refractivity contribution in [2.24, 2.45) is 0 Å². The molecule has 0 spiro atoms. The van der Waals surface area contributed by atoms with Gasteiger partial charge in [0.2, 0.25) is 0 Å². The summed E-state index contributed by atoms with van der Waals surface area (Å²) in [4.78, 5) is 0. The van der Waals surface area contributed by atoms with Crippen molar-refractivity contribution >= 4 is 0 Å². The molecule has 6 heteroatoms. The number of benzene rings is 3. The van der Waals surface area contributed by atoms with Crippen LogP contribution in [0.2, 0.25) is 0 Å². The summed E-state index contributed by atoms with van der Waals surface area (Å²) in [6.07, 6.45) is -1.77. The van der Waals surface area contributed by atoms with E-state index in [1.807, 2.05) is 13.8 Å². The molecule has 2 nitrogen and oxygen atoms in total. The van der Waals surface area contributed by atoms with Crippen LogP contribution in [-0.4, -0.2) is 0 Å². The van der Waals surface area contributed by atoms with Gasteiger partial charge in [-0.3, -0.25) is 0 Å². The second-order valence-corrected chi connectivity index (χ2v) is 6.77. The van der Waals surface area contributed by atoms with Crippen molar-refractivity contribution in [3.8, 4) is 17.2 Å². The van der Waals surface area contributed by atoms with E-state index in [2.05, 4.69) is 10.8 Å². The van der Waals surface area contributed by atoms with Crippen molar-refractivity contribution in [2.45, 2.75) is 39.2 Å². The fraction of sp³-hybridized carbons (Fsp3) is 0.250. The molecule has 3 aromatic carbocycles. The summed E-state index contributed by atoms with van der Waals surface area (Å²) in [7, 11) is 0. The van der Waals surface area contributed by atoms with E-state index in [0.29, 0.717) is 6.07 Å². The standard InChI is InChI=1S/C24H21F4O2/c1-3-5-17-8-12-19(13-9-17)30-24(27,28)22-20(25)14-15-21(23(22)26)29-18-10-6-16(4-2)7-11-18/h6-14H,3-5H2,1-2H3. The van der Waals surface area contributed by atoms with E-state index in [1.165, 1.54) is 12.1 Å². The summed E-state index contributed by atoms with van der Waals surface area (Å²) in [6.45, 7) is 3.96. The van der Waals surface area contributed by atoms with Crippen molar-refractivity contribution < 1.29 is 27.0 Å². The molecule has 0 aliphatic carbocycles. The molecule has 0 saturated carbocycles. The van der Waals surface area contributed by atoms with Gasteiger partial charge in [-0.05, 0) is 54.3 Å². The average Bonchev–Trinajstić information content (AvgIpc) is 2.72. The van der Waals surface area contributed by atoms with Crippen LogP contribution in [0.25, 0.3) is 0 Å². The Bertz CT molecular complexity index is 983. The maximum absolute atomic E-state index is 14.8. The van der Waals surface area contributed by atoms with Crippen LogP contribution in [0.4, 0.5) is 17.6 Å². The molecule has 0 amide bonds. The fourth-order valence-electron chi connectivity index (χ4n) is 2.95. The van der Waals surface area contributed by atoms with E-state index in [1.54, 1.807) is 36.4 Å². The number of alkyl halides is 2. The minimum atomic E-state index is -4.25. The molecular weight excluding hydrogens is 396 g/mol. The van der Waals surface area contributed by atoms with Crippen LogP contribution < -0.4 is 9.47 Å². The predicted molar refractivity (Wildman–Crippen MR) is 106 cm³/mol. The quantitative estimate of drug-likeness (QED) is 0.361.